The summed E-state index contributed by atoms with van der Waals surface area (Å²) in [6.07, 6.45) is 0. The summed E-state index contributed by atoms with van der Waals surface area (Å²) in [4.78, 5) is 45.0. The third kappa shape index (κ3) is 5.52. The smallest absolute Gasteiger partial charge is 0.338 e. The first kappa shape index (κ1) is 27.2. The molecule has 0 bridgehead atoms. The largest absolute Gasteiger partial charge is 0.496 e. The lowest BCUT2D eigenvalue weighted by atomic mass is 9.93. The molecular formula is C29H36N4O5. The summed E-state index contributed by atoms with van der Waals surface area (Å²) in [5, 5.41) is 2.94. The highest BCUT2D eigenvalue weighted by atomic mass is 16.5. The van der Waals surface area contributed by atoms with Crippen molar-refractivity contribution >= 4 is 17.9 Å². The van der Waals surface area contributed by atoms with E-state index >= 15 is 0 Å². The number of likely N-dealkylation sites (N-methyl/N-ethyl adjacent to an activating group) is 1. The van der Waals surface area contributed by atoms with E-state index in [1.807, 2.05) is 61.2 Å². The van der Waals surface area contributed by atoms with Crippen LogP contribution in [0.25, 0.3) is 0 Å². The molecule has 9 heteroatoms. The number of benzene rings is 2. The number of methoxy groups -OCH3 is 1. The second-order valence-corrected chi connectivity index (χ2v) is 9.71. The number of hydrogen-bond donors (Lipinski definition) is 1. The van der Waals surface area contributed by atoms with Crippen LogP contribution < -0.4 is 10.1 Å². The number of urea groups is 1. The number of hydrogen-bond acceptors (Lipinski definition) is 6. The molecular weight excluding hydrogens is 484 g/mol. The average molecular weight is 521 g/mol. The summed E-state index contributed by atoms with van der Waals surface area (Å²) in [6.45, 7) is 8.10. The molecule has 2 aliphatic heterocycles. The van der Waals surface area contributed by atoms with Gasteiger partial charge in [-0.1, -0.05) is 35.9 Å². The maximum atomic E-state index is 13.3. The van der Waals surface area contributed by atoms with Crippen LogP contribution in [0.1, 0.15) is 41.4 Å². The highest BCUT2D eigenvalue weighted by Gasteiger charge is 2.39. The first-order chi connectivity index (χ1) is 18.2. The monoisotopic (exact) mass is 520 g/mol. The maximum Gasteiger partial charge on any atom is 0.338 e. The number of ether oxygens (including phenoxy) is 2. The predicted octanol–water partition coefficient (Wildman–Crippen LogP) is 3.36. The van der Waals surface area contributed by atoms with Crippen molar-refractivity contribution in [3.05, 3.63) is 76.5 Å². The number of nitrogens with one attached hydrogen (secondary N) is 1. The summed E-state index contributed by atoms with van der Waals surface area (Å²) in [5.41, 5.74) is 3.42. The van der Waals surface area contributed by atoms with Gasteiger partial charge in [0, 0.05) is 56.1 Å². The van der Waals surface area contributed by atoms with Crippen molar-refractivity contribution in [1.82, 2.24) is 20.0 Å². The van der Waals surface area contributed by atoms with E-state index < -0.39 is 12.0 Å². The molecule has 0 aliphatic carbocycles. The second-order valence-electron chi connectivity index (χ2n) is 9.71. The van der Waals surface area contributed by atoms with Crippen LogP contribution in [-0.2, 0) is 9.53 Å². The van der Waals surface area contributed by atoms with Crippen LogP contribution in [0.4, 0.5) is 4.79 Å². The van der Waals surface area contributed by atoms with Gasteiger partial charge < -0.3 is 19.7 Å². The van der Waals surface area contributed by atoms with E-state index in [-0.39, 0.29) is 24.6 Å². The number of piperazine rings is 1. The van der Waals surface area contributed by atoms with Crippen molar-refractivity contribution in [2.24, 2.45) is 0 Å². The van der Waals surface area contributed by atoms with Crippen LogP contribution >= 0.6 is 0 Å². The van der Waals surface area contributed by atoms with Gasteiger partial charge in [-0.25, -0.2) is 9.59 Å². The molecule has 0 unspecified atom stereocenters. The van der Waals surface area contributed by atoms with Crippen molar-refractivity contribution in [3.8, 4) is 5.75 Å². The Morgan fingerprint density at radius 1 is 1.08 bits per heavy atom. The van der Waals surface area contributed by atoms with Gasteiger partial charge in [-0.3, -0.25) is 14.6 Å². The van der Waals surface area contributed by atoms with Gasteiger partial charge in [-0.15, -0.1) is 0 Å². The first-order valence-corrected chi connectivity index (χ1v) is 12.9. The summed E-state index contributed by atoms with van der Waals surface area (Å²) < 4.78 is 11.0. The van der Waals surface area contributed by atoms with Crippen LogP contribution in [-0.4, -0.2) is 85.6 Å². The van der Waals surface area contributed by atoms with Gasteiger partial charge in [0.25, 0.3) is 5.91 Å². The Morgan fingerprint density at radius 2 is 1.79 bits per heavy atom. The van der Waals surface area contributed by atoms with Crippen LogP contribution in [0.15, 0.2) is 59.8 Å². The molecule has 0 saturated carbocycles. The molecule has 1 saturated heterocycles. The molecule has 2 aromatic rings. The van der Waals surface area contributed by atoms with Gasteiger partial charge in [0.2, 0.25) is 0 Å². The van der Waals surface area contributed by atoms with Gasteiger partial charge in [-0.05, 0) is 39.0 Å². The number of esters is 1. The van der Waals surface area contributed by atoms with E-state index in [9.17, 15) is 14.4 Å². The SMILES string of the molecule is CCOC(=O)C1=C(CN2CCN(C(=O)c3ccc(C)cc3)[C@H](C)C2)N(C)C(=O)N[C@@H]1c1ccccc1OC. The van der Waals surface area contributed by atoms with Crippen LogP contribution in [0.3, 0.4) is 0 Å². The van der Waals surface area contributed by atoms with Crippen LogP contribution in [0, 0.1) is 6.92 Å². The third-order valence-electron chi connectivity index (χ3n) is 7.17. The zero-order valence-corrected chi connectivity index (χ0v) is 22.7. The molecule has 3 amide bonds. The fourth-order valence-corrected chi connectivity index (χ4v) is 5.09. The number of aryl methyl sites for hydroxylation is 1. The number of rotatable bonds is 7. The zero-order valence-electron chi connectivity index (χ0n) is 22.7. The Bertz CT molecular complexity index is 1230. The quantitative estimate of drug-likeness (QED) is 0.563. The Balaban J connectivity index is 1.62. The summed E-state index contributed by atoms with van der Waals surface area (Å²) in [5.74, 6) is 0.0980. The van der Waals surface area contributed by atoms with E-state index in [4.69, 9.17) is 9.47 Å². The van der Waals surface area contributed by atoms with E-state index in [0.717, 1.165) is 5.56 Å². The number of para-hydroxylation sites is 1. The number of amides is 3. The molecule has 0 aromatic heterocycles. The molecule has 9 nitrogen and oxygen atoms in total. The van der Waals surface area contributed by atoms with Crippen molar-refractivity contribution in [2.45, 2.75) is 32.9 Å². The highest BCUT2D eigenvalue weighted by Crippen LogP contribution is 2.36. The fraction of sp³-hybridized carbons (Fsp3) is 0.414. The Morgan fingerprint density at radius 3 is 2.45 bits per heavy atom. The average Bonchev–Trinajstić information content (AvgIpc) is 2.91. The van der Waals surface area contributed by atoms with Crippen molar-refractivity contribution < 1.29 is 23.9 Å². The van der Waals surface area contributed by atoms with Crippen LogP contribution in [0.5, 0.6) is 5.75 Å². The molecule has 1 fully saturated rings. The minimum absolute atomic E-state index is 0.00831. The number of carbonyl (C=O) groups excluding carboxylic acids is 3. The van der Waals surface area contributed by atoms with Gasteiger partial charge >= 0.3 is 12.0 Å². The minimum atomic E-state index is -0.717. The second kappa shape index (κ2) is 11.7. The molecule has 2 atom stereocenters. The Kier molecular flexibility index (Phi) is 8.36. The van der Waals surface area contributed by atoms with Gasteiger partial charge in [0.15, 0.2) is 0 Å². The molecule has 2 aromatic carbocycles. The lowest BCUT2D eigenvalue weighted by Gasteiger charge is -2.42. The predicted molar refractivity (Wildman–Crippen MR) is 144 cm³/mol. The molecule has 2 aliphatic rings. The summed E-state index contributed by atoms with van der Waals surface area (Å²) in [7, 11) is 3.21. The lowest BCUT2D eigenvalue weighted by Crippen LogP contribution is -2.56. The highest BCUT2D eigenvalue weighted by molar-refractivity contribution is 5.96. The minimum Gasteiger partial charge on any atom is -0.496 e. The Labute approximate surface area is 224 Å². The van der Waals surface area contributed by atoms with E-state index in [2.05, 4.69) is 10.2 Å². The maximum absolute atomic E-state index is 13.3. The van der Waals surface area contributed by atoms with Crippen molar-refractivity contribution in [3.63, 3.8) is 0 Å². The Hall–Kier alpha value is -3.85. The molecule has 0 radical (unpaired) electrons. The van der Waals surface area contributed by atoms with Gasteiger partial charge in [0.05, 0.1) is 25.3 Å². The standard InChI is InChI=1S/C29H36N4O5/c1-6-38-28(35)25-23(31(4)29(36)30-26(25)22-9-7-8-10-24(22)37-5)18-32-15-16-33(20(3)17-32)27(34)21-13-11-19(2)12-14-21/h7-14,20,26H,6,15-18H2,1-5H3,(H,30,36)/t20-,26-/m1/s1. The number of nitrogens with zero attached hydrogens (tertiary/aromatic N) is 3. The fourth-order valence-electron chi connectivity index (χ4n) is 5.09. The van der Waals surface area contributed by atoms with E-state index in [1.165, 1.54) is 4.90 Å². The number of carbonyl (C=O) groups is 3. The molecule has 0 spiro atoms. The normalized spacial score (nSPS) is 20.3. The van der Waals surface area contributed by atoms with Gasteiger partial charge in [0.1, 0.15) is 5.75 Å². The summed E-state index contributed by atoms with van der Waals surface area (Å²) >= 11 is 0. The zero-order chi connectivity index (χ0) is 27.4. The van der Waals surface area contributed by atoms with Crippen LogP contribution in [0.2, 0.25) is 0 Å². The third-order valence-corrected chi connectivity index (χ3v) is 7.17. The van der Waals surface area contributed by atoms with Crippen molar-refractivity contribution in [2.75, 3.05) is 46.9 Å². The topological polar surface area (TPSA) is 91.4 Å². The lowest BCUT2D eigenvalue weighted by molar-refractivity contribution is -0.139. The summed E-state index contributed by atoms with van der Waals surface area (Å²) in [6, 6.07) is 13.9. The molecule has 202 valence electrons. The molecule has 2 heterocycles. The van der Waals surface area contributed by atoms with E-state index in [0.29, 0.717) is 54.3 Å². The molecule has 38 heavy (non-hydrogen) atoms. The van der Waals surface area contributed by atoms with Crippen molar-refractivity contribution in [1.29, 1.82) is 0 Å². The van der Waals surface area contributed by atoms with E-state index in [1.54, 1.807) is 27.1 Å². The molecule has 1 N–H and O–H groups in total. The first-order valence-electron chi connectivity index (χ1n) is 12.9. The van der Waals surface area contributed by atoms with Gasteiger partial charge in [-0.2, -0.15) is 0 Å². The molecule has 4 rings (SSSR count).